The third-order valence-corrected chi connectivity index (χ3v) is 4.77. The fourth-order valence-electron chi connectivity index (χ4n) is 2.59. The molecule has 0 bridgehead atoms. The standard InChI is InChI=1S/C25H40O4/c1-19(2)22(5)15-14-20(3)10-8-12-25(18-29-24(7)27)13-9-11-21(4)16-17-28-23(6)26/h10,13,16,19H,5,8-9,11-12,14-15,17-18H2,1-4,6-7H3/b20-10+,21-16+,25-13-. The topological polar surface area (TPSA) is 52.6 Å². The van der Waals surface area contributed by atoms with Crippen LogP contribution < -0.4 is 0 Å². The zero-order valence-corrected chi connectivity index (χ0v) is 19.3. The average Bonchev–Trinajstić information content (AvgIpc) is 2.63. The van der Waals surface area contributed by atoms with Crippen LogP contribution in [0.5, 0.6) is 0 Å². The molecular weight excluding hydrogens is 364 g/mol. The summed E-state index contributed by atoms with van der Waals surface area (Å²) in [5, 5.41) is 0. The van der Waals surface area contributed by atoms with Crippen LogP contribution in [0.2, 0.25) is 0 Å². The summed E-state index contributed by atoms with van der Waals surface area (Å²) in [7, 11) is 0. The van der Waals surface area contributed by atoms with E-state index in [9.17, 15) is 9.59 Å². The predicted octanol–water partition coefficient (Wildman–Crippen LogP) is 6.48. The lowest BCUT2D eigenvalue weighted by Gasteiger charge is -2.10. The van der Waals surface area contributed by atoms with Crippen LogP contribution in [0.25, 0.3) is 0 Å². The van der Waals surface area contributed by atoms with E-state index in [1.165, 1.54) is 30.6 Å². The molecule has 0 N–H and O–H groups in total. The molecule has 0 saturated heterocycles. The molecule has 0 fully saturated rings. The predicted molar refractivity (Wildman–Crippen MR) is 121 cm³/mol. The van der Waals surface area contributed by atoms with Gasteiger partial charge in [-0.25, -0.2) is 0 Å². The third-order valence-electron chi connectivity index (χ3n) is 4.77. The van der Waals surface area contributed by atoms with Gasteiger partial charge in [-0.1, -0.05) is 49.3 Å². The van der Waals surface area contributed by atoms with Gasteiger partial charge in [0.2, 0.25) is 0 Å². The van der Waals surface area contributed by atoms with Crippen molar-refractivity contribution in [2.75, 3.05) is 13.2 Å². The Labute approximate surface area is 177 Å². The fraction of sp³-hybridized carbons (Fsp3) is 0.600. The van der Waals surface area contributed by atoms with Crippen LogP contribution in [0.3, 0.4) is 0 Å². The summed E-state index contributed by atoms with van der Waals surface area (Å²) in [6.07, 6.45) is 12.0. The molecule has 0 rings (SSSR count). The summed E-state index contributed by atoms with van der Waals surface area (Å²) in [6, 6.07) is 0. The maximum Gasteiger partial charge on any atom is 0.302 e. The second-order valence-corrected chi connectivity index (χ2v) is 7.94. The van der Waals surface area contributed by atoms with Crippen LogP contribution >= 0.6 is 0 Å². The number of ether oxygens (including phenoxy) is 2. The highest BCUT2D eigenvalue weighted by atomic mass is 16.5. The molecule has 0 saturated carbocycles. The lowest BCUT2D eigenvalue weighted by atomic mass is 9.97. The molecule has 0 spiro atoms. The number of rotatable bonds is 14. The Morgan fingerprint density at radius 1 is 0.793 bits per heavy atom. The number of carbonyl (C=O) groups is 2. The van der Waals surface area contributed by atoms with Crippen LogP contribution in [-0.4, -0.2) is 25.2 Å². The quantitative estimate of drug-likeness (QED) is 0.245. The monoisotopic (exact) mass is 404 g/mol. The average molecular weight is 405 g/mol. The number of carbonyl (C=O) groups excluding carboxylic acids is 2. The highest BCUT2D eigenvalue weighted by molar-refractivity contribution is 5.66. The number of hydrogen-bond donors (Lipinski definition) is 0. The van der Waals surface area contributed by atoms with Crippen molar-refractivity contribution in [3.05, 3.63) is 47.1 Å². The molecule has 0 aliphatic rings. The molecule has 0 amide bonds. The third kappa shape index (κ3) is 16.5. The number of esters is 2. The first-order chi connectivity index (χ1) is 13.6. The van der Waals surface area contributed by atoms with Gasteiger partial charge < -0.3 is 9.47 Å². The molecule has 0 aromatic heterocycles. The summed E-state index contributed by atoms with van der Waals surface area (Å²) >= 11 is 0. The highest BCUT2D eigenvalue weighted by Gasteiger charge is 2.03. The zero-order valence-electron chi connectivity index (χ0n) is 19.3. The minimum atomic E-state index is -0.269. The SMILES string of the molecule is C=C(CC/C(C)=C/CC/C(=C/CC/C(C)=C/COC(C)=O)COC(C)=O)C(C)C. The largest absolute Gasteiger partial charge is 0.462 e. The summed E-state index contributed by atoms with van der Waals surface area (Å²) in [5.74, 6) is 0.00866. The van der Waals surface area contributed by atoms with Crippen molar-refractivity contribution in [1.82, 2.24) is 0 Å². The molecular formula is C25H40O4. The molecule has 0 atom stereocenters. The van der Waals surface area contributed by atoms with E-state index in [2.05, 4.69) is 39.5 Å². The summed E-state index contributed by atoms with van der Waals surface area (Å²) in [6.45, 7) is 16.2. The summed E-state index contributed by atoms with van der Waals surface area (Å²) in [5.41, 5.74) is 4.99. The molecule has 0 aromatic rings. The summed E-state index contributed by atoms with van der Waals surface area (Å²) in [4.78, 5) is 22.0. The molecule has 0 radical (unpaired) electrons. The number of allylic oxidation sites excluding steroid dienone is 5. The Balaban J connectivity index is 4.58. The van der Waals surface area contributed by atoms with Crippen molar-refractivity contribution in [2.45, 2.75) is 80.1 Å². The van der Waals surface area contributed by atoms with Crippen molar-refractivity contribution in [3.8, 4) is 0 Å². The van der Waals surface area contributed by atoms with Crippen molar-refractivity contribution in [2.24, 2.45) is 5.92 Å². The van der Waals surface area contributed by atoms with E-state index in [4.69, 9.17) is 9.47 Å². The first-order valence-electron chi connectivity index (χ1n) is 10.5. The van der Waals surface area contributed by atoms with Gasteiger partial charge in [0.05, 0.1) is 0 Å². The molecule has 0 unspecified atom stereocenters. The first-order valence-corrected chi connectivity index (χ1v) is 10.5. The fourth-order valence-corrected chi connectivity index (χ4v) is 2.59. The first kappa shape index (κ1) is 26.9. The van der Waals surface area contributed by atoms with Gasteiger partial charge in [-0.05, 0) is 69.9 Å². The second-order valence-electron chi connectivity index (χ2n) is 7.94. The van der Waals surface area contributed by atoms with Gasteiger partial charge in [-0.3, -0.25) is 9.59 Å². The van der Waals surface area contributed by atoms with E-state index in [1.54, 1.807) is 0 Å². The maximum absolute atomic E-state index is 11.2. The van der Waals surface area contributed by atoms with Crippen molar-refractivity contribution in [3.63, 3.8) is 0 Å². The Morgan fingerprint density at radius 2 is 1.38 bits per heavy atom. The molecule has 0 aliphatic carbocycles. The Hall–Kier alpha value is -2.10. The highest BCUT2D eigenvalue weighted by Crippen LogP contribution is 2.18. The van der Waals surface area contributed by atoms with Crippen LogP contribution in [0.4, 0.5) is 0 Å². The van der Waals surface area contributed by atoms with Crippen molar-refractivity contribution >= 4 is 11.9 Å². The molecule has 4 heteroatoms. The lowest BCUT2D eigenvalue weighted by Crippen LogP contribution is -2.03. The Bertz CT molecular complexity index is 621. The molecule has 0 heterocycles. The molecule has 29 heavy (non-hydrogen) atoms. The Morgan fingerprint density at radius 3 is 1.97 bits per heavy atom. The van der Waals surface area contributed by atoms with Crippen LogP contribution in [0.1, 0.15) is 80.1 Å². The second kappa shape index (κ2) is 15.8. The number of hydrogen-bond acceptors (Lipinski definition) is 4. The molecule has 164 valence electrons. The summed E-state index contributed by atoms with van der Waals surface area (Å²) < 4.78 is 10.1. The van der Waals surface area contributed by atoms with Gasteiger partial charge in [0, 0.05) is 13.8 Å². The molecule has 0 aromatic carbocycles. The van der Waals surface area contributed by atoms with Gasteiger partial charge in [-0.15, -0.1) is 0 Å². The minimum Gasteiger partial charge on any atom is -0.462 e. The van der Waals surface area contributed by atoms with Crippen LogP contribution in [-0.2, 0) is 19.1 Å². The smallest absolute Gasteiger partial charge is 0.302 e. The van der Waals surface area contributed by atoms with Gasteiger partial charge >= 0.3 is 11.9 Å². The van der Waals surface area contributed by atoms with E-state index in [0.717, 1.165) is 44.1 Å². The van der Waals surface area contributed by atoms with Gasteiger partial charge in [0.1, 0.15) is 13.2 Å². The van der Waals surface area contributed by atoms with E-state index < -0.39 is 0 Å². The van der Waals surface area contributed by atoms with Crippen molar-refractivity contribution < 1.29 is 19.1 Å². The van der Waals surface area contributed by atoms with Gasteiger partial charge in [0.15, 0.2) is 0 Å². The van der Waals surface area contributed by atoms with Crippen LogP contribution in [0, 0.1) is 5.92 Å². The minimum absolute atomic E-state index is 0.257. The van der Waals surface area contributed by atoms with Gasteiger partial charge in [-0.2, -0.15) is 0 Å². The van der Waals surface area contributed by atoms with E-state index >= 15 is 0 Å². The van der Waals surface area contributed by atoms with E-state index in [0.29, 0.717) is 19.1 Å². The normalized spacial score (nSPS) is 12.9. The van der Waals surface area contributed by atoms with E-state index in [-0.39, 0.29) is 11.9 Å². The van der Waals surface area contributed by atoms with E-state index in [1.807, 2.05) is 13.0 Å². The maximum atomic E-state index is 11.2. The Kier molecular flexibility index (Phi) is 14.6. The van der Waals surface area contributed by atoms with Gasteiger partial charge in [0.25, 0.3) is 0 Å². The van der Waals surface area contributed by atoms with Crippen molar-refractivity contribution in [1.29, 1.82) is 0 Å². The van der Waals surface area contributed by atoms with Crippen LogP contribution in [0.15, 0.2) is 47.1 Å². The zero-order chi connectivity index (χ0) is 22.2. The molecule has 4 nitrogen and oxygen atoms in total. The molecule has 0 aliphatic heterocycles. The lowest BCUT2D eigenvalue weighted by molar-refractivity contribution is -0.140.